The minimum Gasteiger partial charge on any atom is -0.386 e. The molecule has 9 heteroatoms. The molecule has 3 aromatic heterocycles. The Morgan fingerprint density at radius 2 is 2.15 bits per heavy atom. The van der Waals surface area contributed by atoms with E-state index >= 15 is 0 Å². The molecule has 4 N–H and O–H groups in total. The van der Waals surface area contributed by atoms with E-state index in [0.717, 1.165) is 19.3 Å². The van der Waals surface area contributed by atoms with E-state index in [-0.39, 0.29) is 23.3 Å². The summed E-state index contributed by atoms with van der Waals surface area (Å²) in [6, 6.07) is 5.22. The molecule has 9 nitrogen and oxygen atoms in total. The van der Waals surface area contributed by atoms with Crippen molar-refractivity contribution in [3.05, 3.63) is 40.5 Å². The Morgan fingerprint density at radius 3 is 2.85 bits per heavy atom. The van der Waals surface area contributed by atoms with E-state index in [1.165, 1.54) is 0 Å². The average molecular weight is 354 g/mol. The highest BCUT2D eigenvalue weighted by Gasteiger charge is 2.25. The maximum Gasteiger partial charge on any atom is 0.292 e. The molecule has 3 aromatic rings. The van der Waals surface area contributed by atoms with Gasteiger partial charge >= 0.3 is 0 Å². The molecule has 0 spiro atoms. The fourth-order valence-corrected chi connectivity index (χ4v) is 2.79. The van der Waals surface area contributed by atoms with Gasteiger partial charge in [0.1, 0.15) is 17.0 Å². The predicted octanol–water partition coefficient (Wildman–Crippen LogP) is 1.98. The van der Waals surface area contributed by atoms with E-state index in [1.54, 1.807) is 31.4 Å². The van der Waals surface area contributed by atoms with Gasteiger partial charge in [0.15, 0.2) is 5.52 Å². The lowest BCUT2D eigenvalue weighted by Crippen LogP contribution is -2.39. The molecular formula is C17H18N6O3. The van der Waals surface area contributed by atoms with Crippen molar-refractivity contribution in [1.82, 2.24) is 20.4 Å². The van der Waals surface area contributed by atoms with Crippen molar-refractivity contribution in [2.24, 2.45) is 0 Å². The molecule has 0 aromatic carbocycles. The van der Waals surface area contributed by atoms with Gasteiger partial charge in [-0.05, 0) is 31.4 Å². The normalized spacial score (nSPS) is 14.0. The molecule has 4 rings (SSSR count). The number of anilines is 3. The number of rotatable bonds is 5. The van der Waals surface area contributed by atoms with Gasteiger partial charge in [-0.3, -0.25) is 9.59 Å². The van der Waals surface area contributed by atoms with Gasteiger partial charge in [-0.15, -0.1) is 0 Å². The van der Waals surface area contributed by atoms with Gasteiger partial charge in [-0.1, -0.05) is 5.16 Å². The molecule has 26 heavy (non-hydrogen) atoms. The number of carbonyl (C=O) groups excluding carboxylic acids is 1. The molecule has 1 fully saturated rings. The molecule has 0 radical (unpaired) electrons. The van der Waals surface area contributed by atoms with Crippen molar-refractivity contribution in [3.63, 3.8) is 0 Å². The second-order valence-corrected chi connectivity index (χ2v) is 6.15. The highest BCUT2D eigenvalue weighted by molar-refractivity contribution is 6.05. The van der Waals surface area contributed by atoms with Gasteiger partial charge in [0.25, 0.3) is 11.5 Å². The van der Waals surface area contributed by atoms with Crippen molar-refractivity contribution >= 4 is 34.1 Å². The largest absolute Gasteiger partial charge is 0.386 e. The van der Waals surface area contributed by atoms with Crippen LogP contribution in [-0.2, 0) is 0 Å². The SMILES string of the molecule is CNc1cc(Nc2ccc[nH]c2=O)nc2c(C(=O)NC3CCC3)onc12. The summed E-state index contributed by atoms with van der Waals surface area (Å²) in [5.74, 6) is 0.134. The smallest absolute Gasteiger partial charge is 0.292 e. The highest BCUT2D eigenvalue weighted by Crippen LogP contribution is 2.28. The van der Waals surface area contributed by atoms with Crippen LogP contribution in [0.3, 0.4) is 0 Å². The topological polar surface area (TPSA) is 125 Å². The summed E-state index contributed by atoms with van der Waals surface area (Å²) in [6.45, 7) is 0. The Bertz CT molecular complexity index is 1020. The van der Waals surface area contributed by atoms with Crippen LogP contribution in [0.4, 0.5) is 17.2 Å². The van der Waals surface area contributed by atoms with E-state index in [4.69, 9.17) is 4.52 Å². The number of aromatic nitrogens is 3. The van der Waals surface area contributed by atoms with Crippen LogP contribution in [0.25, 0.3) is 11.0 Å². The van der Waals surface area contributed by atoms with Crippen molar-refractivity contribution in [1.29, 1.82) is 0 Å². The van der Waals surface area contributed by atoms with Gasteiger partial charge in [0.2, 0.25) is 5.76 Å². The Labute approximate surface area is 148 Å². The molecule has 134 valence electrons. The summed E-state index contributed by atoms with van der Waals surface area (Å²) in [5.41, 5.74) is 1.51. The molecule has 1 amide bonds. The van der Waals surface area contributed by atoms with Crippen LogP contribution in [0.5, 0.6) is 0 Å². The van der Waals surface area contributed by atoms with Crippen LogP contribution in [0.2, 0.25) is 0 Å². The lowest BCUT2D eigenvalue weighted by atomic mass is 9.93. The zero-order valence-corrected chi connectivity index (χ0v) is 14.1. The molecule has 1 saturated carbocycles. The van der Waals surface area contributed by atoms with Gasteiger partial charge in [-0.25, -0.2) is 4.98 Å². The molecule has 0 bridgehead atoms. The van der Waals surface area contributed by atoms with Crippen LogP contribution >= 0.6 is 0 Å². The summed E-state index contributed by atoms with van der Waals surface area (Å²) in [7, 11) is 1.73. The van der Waals surface area contributed by atoms with E-state index < -0.39 is 0 Å². The van der Waals surface area contributed by atoms with Crippen LogP contribution < -0.4 is 21.5 Å². The van der Waals surface area contributed by atoms with Gasteiger partial charge in [0, 0.05) is 25.4 Å². The first-order valence-corrected chi connectivity index (χ1v) is 8.39. The third-order valence-electron chi connectivity index (χ3n) is 4.43. The summed E-state index contributed by atoms with van der Waals surface area (Å²) in [5, 5.41) is 12.9. The van der Waals surface area contributed by atoms with Crippen molar-refractivity contribution in [2.75, 3.05) is 17.7 Å². The molecule has 1 aliphatic rings. The molecule has 0 saturated heterocycles. The fraction of sp³-hybridized carbons (Fsp3) is 0.294. The number of amides is 1. The van der Waals surface area contributed by atoms with E-state index in [0.29, 0.717) is 28.2 Å². The van der Waals surface area contributed by atoms with Gasteiger partial charge < -0.3 is 25.5 Å². The second kappa shape index (κ2) is 6.51. The van der Waals surface area contributed by atoms with Crippen molar-refractivity contribution in [2.45, 2.75) is 25.3 Å². The minimum absolute atomic E-state index is 0.0639. The number of H-pyrrole nitrogens is 1. The molecule has 0 atom stereocenters. The van der Waals surface area contributed by atoms with Gasteiger partial charge in [-0.2, -0.15) is 0 Å². The van der Waals surface area contributed by atoms with E-state index in [1.807, 2.05) is 0 Å². The number of pyridine rings is 2. The first-order chi connectivity index (χ1) is 12.7. The molecule has 0 unspecified atom stereocenters. The fourth-order valence-electron chi connectivity index (χ4n) is 2.79. The quantitative estimate of drug-likeness (QED) is 0.552. The predicted molar refractivity (Wildman–Crippen MR) is 96.8 cm³/mol. The Balaban J connectivity index is 1.72. The zero-order valence-electron chi connectivity index (χ0n) is 14.1. The summed E-state index contributed by atoms with van der Waals surface area (Å²) >= 11 is 0. The first kappa shape index (κ1) is 16.1. The number of hydrogen-bond acceptors (Lipinski definition) is 7. The number of carbonyl (C=O) groups is 1. The summed E-state index contributed by atoms with van der Waals surface area (Å²) < 4.78 is 5.26. The van der Waals surface area contributed by atoms with Crippen molar-refractivity contribution < 1.29 is 9.32 Å². The van der Waals surface area contributed by atoms with Crippen LogP contribution in [0, 0.1) is 0 Å². The third kappa shape index (κ3) is 2.87. The maximum atomic E-state index is 12.5. The minimum atomic E-state index is -0.332. The maximum absolute atomic E-state index is 12.5. The average Bonchev–Trinajstić information content (AvgIpc) is 3.03. The van der Waals surface area contributed by atoms with Crippen LogP contribution in [-0.4, -0.2) is 34.1 Å². The van der Waals surface area contributed by atoms with Gasteiger partial charge in [0.05, 0.1) is 5.69 Å². The number of nitrogens with zero attached hydrogens (tertiary/aromatic N) is 2. The van der Waals surface area contributed by atoms with Crippen LogP contribution in [0.15, 0.2) is 33.7 Å². The molecule has 1 aliphatic carbocycles. The Kier molecular flexibility index (Phi) is 4.04. The summed E-state index contributed by atoms with van der Waals surface area (Å²) in [6.07, 6.45) is 4.60. The Hall–Kier alpha value is -3.36. The monoisotopic (exact) mass is 354 g/mol. The molecule has 3 heterocycles. The highest BCUT2D eigenvalue weighted by atomic mass is 16.5. The Morgan fingerprint density at radius 1 is 1.31 bits per heavy atom. The van der Waals surface area contributed by atoms with E-state index in [2.05, 4.69) is 31.1 Å². The van der Waals surface area contributed by atoms with Crippen molar-refractivity contribution in [3.8, 4) is 0 Å². The van der Waals surface area contributed by atoms with Crippen LogP contribution in [0.1, 0.15) is 29.8 Å². The number of nitrogens with one attached hydrogen (secondary N) is 4. The summed E-state index contributed by atoms with van der Waals surface area (Å²) in [4.78, 5) is 31.4. The molecule has 0 aliphatic heterocycles. The van der Waals surface area contributed by atoms with E-state index in [9.17, 15) is 9.59 Å². The number of aromatic amines is 1. The zero-order chi connectivity index (χ0) is 18.1. The third-order valence-corrected chi connectivity index (χ3v) is 4.43. The standard InChI is InChI=1S/C17H18N6O3/c1-18-11-8-12(21-10-6-3-7-19-16(10)24)22-14-13(11)23-26-15(14)17(25)20-9-4-2-5-9/h3,6-9,18H,2,4-5H2,1H3,(H,19,24)(H,20,25)(H,21,22). The second-order valence-electron chi connectivity index (χ2n) is 6.15. The lowest BCUT2D eigenvalue weighted by molar-refractivity contribution is 0.0881. The number of fused-ring (bicyclic) bond motifs is 1. The molecular weight excluding hydrogens is 336 g/mol. The first-order valence-electron chi connectivity index (χ1n) is 8.39. The number of hydrogen-bond donors (Lipinski definition) is 4. The lowest BCUT2D eigenvalue weighted by Gasteiger charge is -2.25.